The molecule has 1 N–H and O–H groups in total. The highest BCUT2D eigenvalue weighted by Crippen LogP contribution is 2.21. The number of amides is 2. The minimum absolute atomic E-state index is 0.161. The summed E-state index contributed by atoms with van der Waals surface area (Å²) in [6.45, 7) is 8.25. The molecular formula is C23H28FN3O2. The second kappa shape index (κ2) is 8.64. The number of hydrogen-bond donors (Lipinski definition) is 1. The number of nitrogens with zero attached hydrogens (tertiary/aromatic N) is 2. The summed E-state index contributed by atoms with van der Waals surface area (Å²) in [5, 5.41) is 7.20. The van der Waals surface area contributed by atoms with Gasteiger partial charge in [0.05, 0.1) is 18.8 Å². The van der Waals surface area contributed by atoms with E-state index in [1.165, 1.54) is 6.07 Å². The molecule has 2 aromatic carbocycles. The Labute approximate surface area is 171 Å². The molecule has 154 valence electrons. The van der Waals surface area contributed by atoms with Gasteiger partial charge in [0, 0.05) is 23.1 Å². The molecule has 0 spiro atoms. The van der Waals surface area contributed by atoms with Crippen LogP contribution in [0.5, 0.6) is 0 Å². The summed E-state index contributed by atoms with van der Waals surface area (Å²) in [4.78, 5) is 20.1. The van der Waals surface area contributed by atoms with Crippen LogP contribution in [0.4, 0.5) is 9.18 Å². The maximum atomic E-state index is 14.2. The van der Waals surface area contributed by atoms with Crippen LogP contribution in [0.25, 0.3) is 0 Å². The van der Waals surface area contributed by atoms with Crippen molar-refractivity contribution >= 4 is 11.7 Å². The van der Waals surface area contributed by atoms with E-state index in [0.717, 1.165) is 16.8 Å². The van der Waals surface area contributed by atoms with Crippen molar-refractivity contribution in [2.24, 2.45) is 5.16 Å². The number of halogens is 1. The van der Waals surface area contributed by atoms with Gasteiger partial charge in [0.15, 0.2) is 6.10 Å². The van der Waals surface area contributed by atoms with Crippen LogP contribution in [-0.4, -0.2) is 34.8 Å². The van der Waals surface area contributed by atoms with Gasteiger partial charge >= 0.3 is 6.03 Å². The average Bonchev–Trinajstić information content (AvgIpc) is 3.10. The third-order valence-electron chi connectivity index (χ3n) is 4.70. The van der Waals surface area contributed by atoms with Crippen molar-refractivity contribution in [2.45, 2.75) is 52.3 Å². The van der Waals surface area contributed by atoms with Crippen molar-refractivity contribution in [1.29, 1.82) is 0 Å². The molecular weight excluding hydrogens is 369 g/mol. The van der Waals surface area contributed by atoms with Gasteiger partial charge in [-0.05, 0) is 39.3 Å². The molecule has 0 fully saturated rings. The first kappa shape index (κ1) is 20.8. The lowest BCUT2D eigenvalue weighted by Crippen LogP contribution is -2.50. The van der Waals surface area contributed by atoms with Gasteiger partial charge in [0.25, 0.3) is 0 Å². The number of carbonyl (C=O) groups excluding carboxylic acids is 1. The van der Waals surface area contributed by atoms with E-state index in [2.05, 4.69) is 10.5 Å². The Bertz CT molecular complexity index is 905. The maximum absolute atomic E-state index is 14.2. The zero-order valence-corrected chi connectivity index (χ0v) is 17.4. The lowest BCUT2D eigenvalue weighted by molar-refractivity contribution is 0.0578. The molecule has 1 aliphatic heterocycles. The quantitative estimate of drug-likeness (QED) is 0.799. The van der Waals surface area contributed by atoms with E-state index >= 15 is 0 Å². The topological polar surface area (TPSA) is 53.9 Å². The second-order valence-electron chi connectivity index (χ2n) is 8.44. The fourth-order valence-corrected chi connectivity index (χ4v) is 3.28. The van der Waals surface area contributed by atoms with Crippen molar-refractivity contribution in [3.8, 4) is 0 Å². The van der Waals surface area contributed by atoms with E-state index in [9.17, 15) is 9.18 Å². The standard InChI is InChI=1S/C23H28FN3O2/c1-16-9-5-7-11-19(16)21-13-18(29-26-21)15-27(22(28)25-23(2,3)4)14-17-10-6-8-12-20(17)24/h5-12,18H,13-15H2,1-4H3,(H,25,28)/t18-/m1/s1. The fourth-order valence-electron chi connectivity index (χ4n) is 3.28. The summed E-state index contributed by atoms with van der Waals surface area (Å²) in [6.07, 6.45) is 0.323. The first-order valence-corrected chi connectivity index (χ1v) is 9.82. The van der Waals surface area contributed by atoms with Gasteiger partial charge in [-0.3, -0.25) is 0 Å². The highest BCUT2D eigenvalue weighted by Gasteiger charge is 2.29. The van der Waals surface area contributed by atoms with Crippen LogP contribution in [0.15, 0.2) is 53.7 Å². The highest BCUT2D eigenvalue weighted by molar-refractivity contribution is 6.02. The molecule has 0 saturated carbocycles. The zero-order valence-electron chi connectivity index (χ0n) is 17.4. The van der Waals surface area contributed by atoms with Crippen LogP contribution in [0.3, 0.4) is 0 Å². The molecule has 0 aliphatic carbocycles. The molecule has 6 heteroatoms. The van der Waals surface area contributed by atoms with Crippen LogP contribution < -0.4 is 5.32 Å². The van der Waals surface area contributed by atoms with Gasteiger partial charge in [-0.25, -0.2) is 9.18 Å². The summed E-state index contributed by atoms with van der Waals surface area (Å²) in [6, 6.07) is 14.3. The first-order valence-electron chi connectivity index (χ1n) is 9.82. The fraction of sp³-hybridized carbons (Fsp3) is 0.391. The SMILES string of the molecule is Cc1ccccc1C1=NO[C@@H](CN(Cc2ccccc2F)C(=O)NC(C)(C)C)C1. The number of urea groups is 1. The molecule has 2 amide bonds. The second-order valence-corrected chi connectivity index (χ2v) is 8.44. The molecule has 5 nitrogen and oxygen atoms in total. The maximum Gasteiger partial charge on any atom is 0.318 e. The molecule has 1 heterocycles. The smallest absolute Gasteiger partial charge is 0.318 e. The molecule has 0 radical (unpaired) electrons. The number of aryl methyl sites for hydroxylation is 1. The van der Waals surface area contributed by atoms with E-state index < -0.39 is 5.54 Å². The van der Waals surface area contributed by atoms with Crippen molar-refractivity contribution < 1.29 is 14.0 Å². The van der Waals surface area contributed by atoms with E-state index in [1.54, 1.807) is 23.1 Å². The number of rotatable bonds is 5. The third-order valence-corrected chi connectivity index (χ3v) is 4.70. The predicted molar refractivity (Wildman–Crippen MR) is 112 cm³/mol. The van der Waals surface area contributed by atoms with Crippen molar-refractivity contribution in [2.75, 3.05) is 6.54 Å². The Morgan fingerprint density at radius 1 is 1.21 bits per heavy atom. The Morgan fingerprint density at radius 2 is 1.90 bits per heavy atom. The normalized spacial score (nSPS) is 16.2. The number of nitrogens with one attached hydrogen (secondary N) is 1. The molecule has 0 saturated heterocycles. The van der Waals surface area contributed by atoms with E-state index in [4.69, 9.17) is 4.84 Å². The summed E-state index contributed by atoms with van der Waals surface area (Å²) >= 11 is 0. The third kappa shape index (κ3) is 5.56. The van der Waals surface area contributed by atoms with Gasteiger partial charge in [-0.2, -0.15) is 0 Å². The molecule has 1 aliphatic rings. The Kier molecular flexibility index (Phi) is 6.20. The van der Waals surface area contributed by atoms with Crippen LogP contribution >= 0.6 is 0 Å². The number of benzene rings is 2. The highest BCUT2D eigenvalue weighted by atomic mass is 19.1. The largest absolute Gasteiger partial charge is 0.390 e. The van der Waals surface area contributed by atoms with Gasteiger partial charge in [0.2, 0.25) is 0 Å². The predicted octanol–water partition coefficient (Wildman–Crippen LogP) is 4.64. The minimum Gasteiger partial charge on any atom is -0.390 e. The zero-order chi connectivity index (χ0) is 21.0. The monoisotopic (exact) mass is 397 g/mol. The van der Waals surface area contributed by atoms with Crippen molar-refractivity contribution in [1.82, 2.24) is 10.2 Å². The summed E-state index contributed by atoms with van der Waals surface area (Å²) in [7, 11) is 0. The Morgan fingerprint density at radius 3 is 2.59 bits per heavy atom. The number of oxime groups is 1. The molecule has 0 unspecified atom stereocenters. The Balaban J connectivity index is 1.73. The number of carbonyl (C=O) groups is 1. The van der Waals surface area contributed by atoms with E-state index in [1.807, 2.05) is 52.0 Å². The van der Waals surface area contributed by atoms with Crippen molar-refractivity contribution in [3.63, 3.8) is 0 Å². The van der Waals surface area contributed by atoms with Gasteiger partial charge in [0.1, 0.15) is 5.82 Å². The molecule has 0 bridgehead atoms. The van der Waals surface area contributed by atoms with Gasteiger partial charge in [-0.15, -0.1) is 0 Å². The lowest BCUT2D eigenvalue weighted by atomic mass is 10.0. The van der Waals surface area contributed by atoms with Gasteiger partial charge < -0.3 is 15.1 Å². The number of hydrogen-bond acceptors (Lipinski definition) is 3. The summed E-state index contributed by atoms with van der Waals surface area (Å²) in [5.41, 5.74) is 3.12. The molecule has 2 aromatic rings. The van der Waals surface area contributed by atoms with E-state index in [0.29, 0.717) is 18.5 Å². The van der Waals surface area contributed by atoms with Gasteiger partial charge in [-0.1, -0.05) is 47.6 Å². The van der Waals surface area contributed by atoms with E-state index in [-0.39, 0.29) is 24.5 Å². The summed E-state index contributed by atoms with van der Waals surface area (Å²) < 4.78 is 14.2. The first-order chi connectivity index (χ1) is 13.7. The van der Waals surface area contributed by atoms with Crippen molar-refractivity contribution in [3.05, 3.63) is 71.0 Å². The van der Waals surface area contributed by atoms with Crippen LogP contribution in [-0.2, 0) is 11.4 Å². The molecule has 29 heavy (non-hydrogen) atoms. The van der Waals surface area contributed by atoms with Crippen LogP contribution in [0, 0.1) is 12.7 Å². The molecule has 1 atom stereocenters. The lowest BCUT2D eigenvalue weighted by Gasteiger charge is -2.29. The Hall–Kier alpha value is -2.89. The molecule has 0 aromatic heterocycles. The molecule has 3 rings (SSSR count). The average molecular weight is 397 g/mol. The van der Waals surface area contributed by atoms with Crippen LogP contribution in [0.2, 0.25) is 0 Å². The van der Waals surface area contributed by atoms with Crippen LogP contribution in [0.1, 0.15) is 43.9 Å². The summed E-state index contributed by atoms with van der Waals surface area (Å²) in [5.74, 6) is -0.328. The minimum atomic E-state index is -0.399.